The van der Waals surface area contributed by atoms with Crippen LogP contribution in [0, 0.1) is 19.7 Å². The average Bonchev–Trinajstić information content (AvgIpc) is 2.95. The van der Waals surface area contributed by atoms with Crippen LogP contribution < -0.4 is 4.72 Å². The van der Waals surface area contributed by atoms with Crippen molar-refractivity contribution in [2.45, 2.75) is 39.7 Å². The first-order valence-corrected chi connectivity index (χ1v) is 11.1. The second-order valence-electron chi connectivity index (χ2n) is 7.19. The third kappa shape index (κ3) is 4.28. The van der Waals surface area contributed by atoms with E-state index in [9.17, 15) is 17.6 Å². The van der Waals surface area contributed by atoms with Crippen LogP contribution in [0.2, 0.25) is 0 Å². The van der Waals surface area contributed by atoms with Crippen LogP contribution in [-0.4, -0.2) is 48.7 Å². The van der Waals surface area contributed by atoms with Crippen molar-refractivity contribution < 1.29 is 17.6 Å². The molecule has 0 bridgehead atoms. The van der Waals surface area contributed by atoms with Crippen LogP contribution in [0.15, 0.2) is 30.3 Å². The van der Waals surface area contributed by atoms with Gasteiger partial charge in [0.2, 0.25) is 10.0 Å². The van der Waals surface area contributed by atoms with Crippen LogP contribution in [0.1, 0.15) is 41.5 Å². The van der Waals surface area contributed by atoms with Crippen LogP contribution in [0.25, 0.3) is 5.69 Å². The molecule has 0 spiro atoms. The number of aryl methyl sites for hydroxylation is 1. The van der Waals surface area contributed by atoms with Gasteiger partial charge in [-0.05, 0) is 57.9 Å². The number of rotatable bonds is 5. The molecule has 1 aromatic carbocycles. The maximum atomic E-state index is 13.6. The monoisotopic (exact) mass is 407 g/mol. The van der Waals surface area contributed by atoms with Gasteiger partial charge in [-0.15, -0.1) is 0 Å². The quantitative estimate of drug-likeness (QED) is 0.829. The molecular weight excluding hydrogens is 381 g/mol. The molecule has 28 heavy (non-hydrogen) atoms. The Morgan fingerprint density at radius 3 is 2.50 bits per heavy atom. The number of nitrogens with zero attached hydrogens (tertiary/aromatic N) is 2. The van der Waals surface area contributed by atoms with Gasteiger partial charge >= 0.3 is 0 Å². The fourth-order valence-corrected chi connectivity index (χ4v) is 4.61. The van der Waals surface area contributed by atoms with Crippen LogP contribution in [-0.2, 0) is 10.0 Å². The first-order valence-electron chi connectivity index (χ1n) is 9.46. The molecule has 0 aliphatic carbocycles. The average molecular weight is 408 g/mol. The molecular formula is C20H26FN3O3S. The minimum Gasteiger partial charge on any atom is -0.338 e. The lowest BCUT2D eigenvalue weighted by Crippen LogP contribution is -2.46. The first-order chi connectivity index (χ1) is 13.2. The summed E-state index contributed by atoms with van der Waals surface area (Å²) in [5.41, 5.74) is 2.90. The van der Waals surface area contributed by atoms with E-state index >= 15 is 0 Å². The number of aromatic nitrogens is 1. The number of likely N-dealkylation sites (tertiary alicyclic amines) is 1. The molecule has 2 heterocycles. The second-order valence-corrected chi connectivity index (χ2v) is 9.23. The number of amides is 1. The van der Waals surface area contributed by atoms with E-state index in [0.717, 1.165) is 11.4 Å². The summed E-state index contributed by atoms with van der Waals surface area (Å²) in [6, 6.07) is 7.98. The molecule has 1 fully saturated rings. The highest BCUT2D eigenvalue weighted by Gasteiger charge is 2.28. The van der Waals surface area contributed by atoms with Crippen LogP contribution in [0.3, 0.4) is 0 Å². The SMILES string of the molecule is CCS(=O)(=O)NC1CCN(C(=O)c2cc(C)n(-c3cccc(F)c3)c2C)CC1. The fraction of sp³-hybridized carbons (Fsp3) is 0.450. The number of hydrogen-bond donors (Lipinski definition) is 1. The first kappa shape index (κ1) is 20.5. The van der Waals surface area contributed by atoms with Crippen molar-refractivity contribution in [3.8, 4) is 5.69 Å². The number of hydrogen-bond acceptors (Lipinski definition) is 3. The Morgan fingerprint density at radius 1 is 1.21 bits per heavy atom. The van der Waals surface area contributed by atoms with Gasteiger partial charge in [-0.1, -0.05) is 6.07 Å². The van der Waals surface area contributed by atoms with E-state index in [1.54, 1.807) is 17.9 Å². The van der Waals surface area contributed by atoms with Crippen LogP contribution in [0.4, 0.5) is 4.39 Å². The summed E-state index contributed by atoms with van der Waals surface area (Å²) in [5.74, 6) is -0.347. The van der Waals surface area contributed by atoms with Crippen LogP contribution >= 0.6 is 0 Å². The summed E-state index contributed by atoms with van der Waals surface area (Å²) in [6.07, 6.45) is 1.18. The molecule has 2 aromatic rings. The number of piperidine rings is 1. The number of halogens is 1. The number of nitrogens with one attached hydrogen (secondary N) is 1. The third-order valence-corrected chi connectivity index (χ3v) is 6.69. The molecule has 1 amide bonds. The lowest BCUT2D eigenvalue weighted by atomic mass is 10.0. The lowest BCUT2D eigenvalue weighted by molar-refractivity contribution is 0.0710. The number of benzene rings is 1. The topological polar surface area (TPSA) is 71.4 Å². The van der Waals surface area contributed by atoms with Crippen LogP contribution in [0.5, 0.6) is 0 Å². The second kappa shape index (κ2) is 8.05. The highest BCUT2D eigenvalue weighted by molar-refractivity contribution is 7.89. The smallest absolute Gasteiger partial charge is 0.255 e. The summed E-state index contributed by atoms with van der Waals surface area (Å²) >= 11 is 0. The Morgan fingerprint density at radius 2 is 1.89 bits per heavy atom. The number of carbonyl (C=O) groups excluding carboxylic acids is 1. The molecule has 152 valence electrons. The fourth-order valence-electron chi connectivity index (χ4n) is 3.70. The molecule has 1 aliphatic heterocycles. The summed E-state index contributed by atoms with van der Waals surface area (Å²) in [4.78, 5) is 14.8. The van der Waals surface area contributed by atoms with E-state index in [4.69, 9.17) is 0 Å². The minimum atomic E-state index is -3.24. The number of carbonyl (C=O) groups is 1. The molecule has 0 unspecified atom stereocenters. The zero-order chi connectivity index (χ0) is 20.5. The highest BCUT2D eigenvalue weighted by atomic mass is 32.2. The molecule has 8 heteroatoms. The van der Waals surface area contributed by atoms with E-state index in [1.807, 2.05) is 30.5 Å². The Kier molecular flexibility index (Phi) is 5.90. The van der Waals surface area contributed by atoms with Gasteiger partial charge < -0.3 is 9.47 Å². The lowest BCUT2D eigenvalue weighted by Gasteiger charge is -2.32. The molecule has 1 saturated heterocycles. The van der Waals surface area contributed by atoms with Crippen molar-refractivity contribution >= 4 is 15.9 Å². The highest BCUT2D eigenvalue weighted by Crippen LogP contribution is 2.24. The van der Waals surface area contributed by atoms with Crippen molar-refractivity contribution in [2.24, 2.45) is 0 Å². The molecule has 0 saturated carbocycles. The zero-order valence-corrected chi connectivity index (χ0v) is 17.2. The summed E-state index contributed by atoms with van der Waals surface area (Å²) in [6.45, 7) is 6.35. The Hall–Kier alpha value is -2.19. The standard InChI is InChI=1S/C20H26FN3O3S/c1-4-28(26,27)22-17-8-10-23(11-9-17)20(25)19-12-14(2)24(15(19)3)18-7-5-6-16(21)13-18/h5-7,12-13,17,22H,4,8-11H2,1-3H3. The van der Waals surface area contributed by atoms with Gasteiger partial charge in [-0.25, -0.2) is 17.5 Å². The Bertz CT molecular complexity index is 977. The third-order valence-electron chi connectivity index (χ3n) is 5.24. The molecule has 1 N–H and O–H groups in total. The maximum Gasteiger partial charge on any atom is 0.255 e. The Labute approximate surface area is 165 Å². The zero-order valence-electron chi connectivity index (χ0n) is 16.4. The van der Waals surface area contributed by atoms with Crippen molar-refractivity contribution in [3.05, 3.63) is 53.1 Å². The summed E-state index contributed by atoms with van der Waals surface area (Å²) < 4.78 is 41.6. The van der Waals surface area contributed by atoms with Gasteiger partial charge in [-0.2, -0.15) is 0 Å². The molecule has 6 nitrogen and oxygen atoms in total. The molecule has 3 rings (SSSR count). The normalized spacial score (nSPS) is 15.8. The van der Waals surface area contributed by atoms with E-state index in [-0.39, 0.29) is 23.5 Å². The van der Waals surface area contributed by atoms with Crippen molar-refractivity contribution in [2.75, 3.05) is 18.8 Å². The molecule has 0 radical (unpaired) electrons. The maximum absolute atomic E-state index is 13.6. The van der Waals surface area contributed by atoms with E-state index in [2.05, 4.69) is 4.72 Å². The molecule has 0 atom stereocenters. The van der Waals surface area contributed by atoms with Gasteiger partial charge in [0.1, 0.15) is 5.82 Å². The van der Waals surface area contributed by atoms with Gasteiger partial charge in [0.05, 0.1) is 11.3 Å². The Balaban J connectivity index is 1.75. The van der Waals surface area contributed by atoms with Gasteiger partial charge in [0, 0.05) is 36.2 Å². The molecule has 1 aliphatic rings. The van der Waals surface area contributed by atoms with Gasteiger partial charge in [0.15, 0.2) is 0 Å². The van der Waals surface area contributed by atoms with Crippen molar-refractivity contribution in [3.63, 3.8) is 0 Å². The molecule has 1 aromatic heterocycles. The predicted octanol–water partition coefficient (Wildman–Crippen LogP) is 2.78. The van der Waals surface area contributed by atoms with E-state index in [0.29, 0.717) is 37.2 Å². The van der Waals surface area contributed by atoms with Gasteiger partial charge in [-0.3, -0.25) is 4.79 Å². The van der Waals surface area contributed by atoms with Crippen molar-refractivity contribution in [1.29, 1.82) is 0 Å². The minimum absolute atomic E-state index is 0.0538. The number of sulfonamides is 1. The van der Waals surface area contributed by atoms with Gasteiger partial charge in [0.25, 0.3) is 5.91 Å². The van der Waals surface area contributed by atoms with E-state index in [1.165, 1.54) is 12.1 Å². The largest absolute Gasteiger partial charge is 0.338 e. The predicted molar refractivity (Wildman–Crippen MR) is 107 cm³/mol. The van der Waals surface area contributed by atoms with Crippen molar-refractivity contribution in [1.82, 2.24) is 14.2 Å². The summed E-state index contributed by atoms with van der Waals surface area (Å²) in [7, 11) is -3.24. The van der Waals surface area contributed by atoms with E-state index < -0.39 is 10.0 Å². The summed E-state index contributed by atoms with van der Waals surface area (Å²) in [5, 5.41) is 0.